The number of hydrogen-bond acceptors (Lipinski definition) is 4. The van der Waals surface area contributed by atoms with Crippen molar-refractivity contribution in [3.05, 3.63) is 17.7 Å². The van der Waals surface area contributed by atoms with Gasteiger partial charge in [-0.15, -0.1) is 0 Å². The van der Waals surface area contributed by atoms with Crippen molar-refractivity contribution >= 4 is 11.7 Å². The Labute approximate surface area is 94.2 Å². The van der Waals surface area contributed by atoms with Gasteiger partial charge in [-0.25, -0.2) is 9.78 Å². The van der Waals surface area contributed by atoms with E-state index < -0.39 is 5.97 Å². The summed E-state index contributed by atoms with van der Waals surface area (Å²) in [6, 6.07) is 0. The van der Waals surface area contributed by atoms with Crippen molar-refractivity contribution in [1.29, 1.82) is 0 Å². The van der Waals surface area contributed by atoms with Crippen LogP contribution in [0.1, 0.15) is 24.7 Å². The maximum Gasteiger partial charge on any atom is 0.358 e. The number of rotatable bonds is 3. The van der Waals surface area contributed by atoms with Crippen molar-refractivity contribution in [2.75, 3.05) is 13.7 Å². The standard InChI is InChI=1S/C11H15N3O2/c1-3-16-11(15)10(12-2)9-8-5-4-6-14(8)7-13-9/h7H,3-6H2,1-2H3. The molecule has 16 heavy (non-hydrogen) atoms. The van der Waals surface area contributed by atoms with Gasteiger partial charge >= 0.3 is 5.97 Å². The van der Waals surface area contributed by atoms with Crippen molar-refractivity contribution in [3.63, 3.8) is 0 Å². The van der Waals surface area contributed by atoms with Crippen LogP contribution in [0.15, 0.2) is 11.3 Å². The minimum absolute atomic E-state index is 0.331. The third-order valence-corrected chi connectivity index (χ3v) is 2.68. The van der Waals surface area contributed by atoms with Crippen LogP contribution >= 0.6 is 0 Å². The lowest BCUT2D eigenvalue weighted by Crippen LogP contribution is -2.20. The fourth-order valence-corrected chi connectivity index (χ4v) is 1.97. The van der Waals surface area contributed by atoms with E-state index in [-0.39, 0.29) is 0 Å². The summed E-state index contributed by atoms with van der Waals surface area (Å²) in [4.78, 5) is 19.9. The molecule has 1 aliphatic rings. The number of nitrogens with zero attached hydrogens (tertiary/aromatic N) is 3. The first kappa shape index (κ1) is 10.9. The van der Waals surface area contributed by atoms with Gasteiger partial charge in [-0.3, -0.25) is 4.99 Å². The van der Waals surface area contributed by atoms with E-state index in [2.05, 4.69) is 14.5 Å². The first-order chi connectivity index (χ1) is 7.77. The smallest absolute Gasteiger partial charge is 0.358 e. The zero-order valence-electron chi connectivity index (χ0n) is 9.56. The molecule has 1 aromatic rings. The highest BCUT2D eigenvalue weighted by atomic mass is 16.5. The second kappa shape index (κ2) is 4.47. The number of ether oxygens (including phenoxy) is 1. The Kier molecular flexibility index (Phi) is 3.03. The summed E-state index contributed by atoms with van der Waals surface area (Å²) in [6.45, 7) is 3.11. The van der Waals surface area contributed by atoms with Gasteiger partial charge in [-0.2, -0.15) is 0 Å². The van der Waals surface area contributed by atoms with Crippen LogP contribution in [-0.4, -0.2) is 34.9 Å². The number of imidazole rings is 1. The number of carbonyl (C=O) groups is 1. The Balaban J connectivity index is 2.31. The summed E-state index contributed by atoms with van der Waals surface area (Å²) >= 11 is 0. The van der Waals surface area contributed by atoms with Gasteiger partial charge in [0.25, 0.3) is 0 Å². The normalized spacial score (nSPS) is 15.0. The number of aromatic nitrogens is 2. The number of carbonyl (C=O) groups excluding carboxylic acids is 1. The first-order valence-electron chi connectivity index (χ1n) is 5.46. The molecule has 1 aliphatic heterocycles. The van der Waals surface area contributed by atoms with E-state index in [1.807, 2.05) is 0 Å². The monoisotopic (exact) mass is 221 g/mol. The molecule has 0 radical (unpaired) electrons. The van der Waals surface area contributed by atoms with Gasteiger partial charge in [0.1, 0.15) is 5.69 Å². The Hall–Kier alpha value is -1.65. The average molecular weight is 221 g/mol. The Morgan fingerprint density at radius 3 is 3.19 bits per heavy atom. The fourth-order valence-electron chi connectivity index (χ4n) is 1.97. The van der Waals surface area contributed by atoms with Crippen molar-refractivity contribution < 1.29 is 9.53 Å². The highest BCUT2D eigenvalue weighted by Crippen LogP contribution is 2.18. The molecule has 2 heterocycles. The molecule has 0 saturated heterocycles. The summed E-state index contributed by atoms with van der Waals surface area (Å²) in [5.74, 6) is -0.390. The number of esters is 1. The molecule has 0 N–H and O–H groups in total. The van der Waals surface area contributed by atoms with Gasteiger partial charge in [0, 0.05) is 19.3 Å². The number of aryl methyl sites for hydroxylation is 1. The molecule has 0 unspecified atom stereocenters. The van der Waals surface area contributed by atoms with E-state index in [0.717, 1.165) is 25.1 Å². The topological polar surface area (TPSA) is 56.5 Å². The van der Waals surface area contributed by atoms with Crippen LogP contribution in [0.25, 0.3) is 0 Å². The average Bonchev–Trinajstić information content (AvgIpc) is 2.83. The second-order valence-electron chi connectivity index (χ2n) is 3.63. The SMILES string of the molecule is CCOC(=O)C(=NC)c1ncn2c1CCC2. The van der Waals surface area contributed by atoms with Crippen LogP contribution in [0.2, 0.25) is 0 Å². The third-order valence-electron chi connectivity index (χ3n) is 2.68. The summed E-state index contributed by atoms with van der Waals surface area (Å²) in [5.41, 5.74) is 2.10. The maximum atomic E-state index is 11.7. The highest BCUT2D eigenvalue weighted by molar-refractivity contribution is 6.43. The van der Waals surface area contributed by atoms with E-state index in [1.165, 1.54) is 0 Å². The molecule has 0 fully saturated rings. The molecular weight excluding hydrogens is 206 g/mol. The lowest BCUT2D eigenvalue weighted by molar-refractivity contribution is -0.134. The van der Waals surface area contributed by atoms with Crippen LogP contribution in [0.5, 0.6) is 0 Å². The Bertz CT molecular complexity index is 434. The van der Waals surface area contributed by atoms with Crippen molar-refractivity contribution in [2.24, 2.45) is 4.99 Å². The molecule has 0 amide bonds. The molecule has 0 aromatic carbocycles. The zero-order chi connectivity index (χ0) is 11.5. The van der Waals surface area contributed by atoms with Crippen molar-refractivity contribution in [3.8, 4) is 0 Å². The van der Waals surface area contributed by atoms with Crippen LogP contribution in [0.4, 0.5) is 0 Å². The molecular formula is C11H15N3O2. The molecule has 5 heteroatoms. The molecule has 2 rings (SSSR count). The van der Waals surface area contributed by atoms with Gasteiger partial charge in [-0.05, 0) is 19.8 Å². The summed E-state index contributed by atoms with van der Waals surface area (Å²) in [5, 5.41) is 0. The van der Waals surface area contributed by atoms with E-state index in [0.29, 0.717) is 18.0 Å². The highest BCUT2D eigenvalue weighted by Gasteiger charge is 2.24. The molecule has 0 spiro atoms. The number of fused-ring (bicyclic) bond motifs is 1. The minimum Gasteiger partial charge on any atom is -0.461 e. The first-order valence-corrected chi connectivity index (χ1v) is 5.46. The largest absolute Gasteiger partial charge is 0.461 e. The summed E-state index contributed by atoms with van der Waals surface area (Å²) in [7, 11) is 1.59. The molecule has 0 aliphatic carbocycles. The fraction of sp³-hybridized carbons (Fsp3) is 0.545. The maximum absolute atomic E-state index is 11.7. The lowest BCUT2D eigenvalue weighted by Gasteiger charge is -2.04. The zero-order valence-corrected chi connectivity index (χ0v) is 9.56. The van der Waals surface area contributed by atoms with Crippen LogP contribution in [0.3, 0.4) is 0 Å². The molecule has 86 valence electrons. The summed E-state index contributed by atoms with van der Waals surface area (Å²) in [6.07, 6.45) is 3.82. The van der Waals surface area contributed by atoms with E-state index >= 15 is 0 Å². The van der Waals surface area contributed by atoms with E-state index in [4.69, 9.17) is 4.74 Å². The summed E-state index contributed by atoms with van der Waals surface area (Å²) < 4.78 is 7.03. The number of aliphatic imine (C=N–C) groups is 1. The van der Waals surface area contributed by atoms with Crippen molar-refractivity contribution in [1.82, 2.24) is 9.55 Å². The Morgan fingerprint density at radius 2 is 2.50 bits per heavy atom. The van der Waals surface area contributed by atoms with E-state index in [1.54, 1.807) is 20.3 Å². The predicted molar refractivity (Wildman–Crippen MR) is 59.6 cm³/mol. The Morgan fingerprint density at radius 1 is 1.69 bits per heavy atom. The minimum atomic E-state index is -0.390. The number of hydrogen-bond donors (Lipinski definition) is 0. The third kappa shape index (κ3) is 1.73. The quantitative estimate of drug-likeness (QED) is 0.560. The van der Waals surface area contributed by atoms with Crippen molar-refractivity contribution in [2.45, 2.75) is 26.3 Å². The van der Waals surface area contributed by atoms with Gasteiger partial charge < -0.3 is 9.30 Å². The molecule has 1 aromatic heterocycles. The van der Waals surface area contributed by atoms with E-state index in [9.17, 15) is 4.79 Å². The second-order valence-corrected chi connectivity index (χ2v) is 3.63. The van der Waals surface area contributed by atoms with Crippen LogP contribution in [0, 0.1) is 0 Å². The lowest BCUT2D eigenvalue weighted by atomic mass is 10.2. The molecule has 5 nitrogen and oxygen atoms in total. The molecule has 0 atom stereocenters. The molecule has 0 saturated carbocycles. The predicted octanol–water partition coefficient (Wildman–Crippen LogP) is 0.811. The van der Waals surface area contributed by atoms with Crippen LogP contribution in [-0.2, 0) is 22.5 Å². The van der Waals surface area contributed by atoms with Gasteiger partial charge in [-0.1, -0.05) is 0 Å². The van der Waals surface area contributed by atoms with Gasteiger partial charge in [0.05, 0.1) is 12.9 Å². The van der Waals surface area contributed by atoms with Gasteiger partial charge in [0.15, 0.2) is 5.71 Å². The van der Waals surface area contributed by atoms with Gasteiger partial charge in [0.2, 0.25) is 0 Å². The van der Waals surface area contributed by atoms with Crippen LogP contribution < -0.4 is 0 Å². The molecule has 0 bridgehead atoms.